The lowest BCUT2D eigenvalue weighted by Gasteiger charge is -2.28. The molecule has 1 atom stereocenters. The summed E-state index contributed by atoms with van der Waals surface area (Å²) in [5, 5.41) is 11.0. The first-order chi connectivity index (χ1) is 16.0. The molecule has 0 aliphatic carbocycles. The van der Waals surface area contributed by atoms with E-state index in [4.69, 9.17) is 9.47 Å². The zero-order chi connectivity index (χ0) is 23.2. The molecular formula is C23H25N5O5. The van der Waals surface area contributed by atoms with Crippen LogP contribution in [0.4, 0.5) is 11.4 Å². The predicted molar refractivity (Wildman–Crippen MR) is 122 cm³/mol. The van der Waals surface area contributed by atoms with Gasteiger partial charge in [-0.2, -0.15) is 0 Å². The van der Waals surface area contributed by atoms with Gasteiger partial charge in [0.25, 0.3) is 11.5 Å². The van der Waals surface area contributed by atoms with Gasteiger partial charge in [0.1, 0.15) is 5.52 Å². The van der Waals surface area contributed by atoms with Crippen LogP contribution in [0.15, 0.2) is 53.3 Å². The fourth-order valence-electron chi connectivity index (χ4n) is 3.50. The summed E-state index contributed by atoms with van der Waals surface area (Å²) >= 11 is 0. The first-order valence-electron chi connectivity index (χ1n) is 10.8. The number of amides is 1. The summed E-state index contributed by atoms with van der Waals surface area (Å²) in [7, 11) is 0. The van der Waals surface area contributed by atoms with Crippen LogP contribution >= 0.6 is 0 Å². The molecule has 10 nitrogen and oxygen atoms in total. The Labute approximate surface area is 190 Å². The average molecular weight is 451 g/mol. The number of aromatic nitrogens is 3. The number of esters is 1. The fourth-order valence-corrected chi connectivity index (χ4v) is 3.50. The summed E-state index contributed by atoms with van der Waals surface area (Å²) in [6, 6.07) is 14.3. The Bertz CT molecular complexity index is 1190. The zero-order valence-corrected chi connectivity index (χ0v) is 18.3. The van der Waals surface area contributed by atoms with Crippen LogP contribution in [-0.4, -0.2) is 59.3 Å². The molecule has 1 unspecified atom stereocenters. The van der Waals surface area contributed by atoms with Gasteiger partial charge in [0, 0.05) is 24.5 Å². The summed E-state index contributed by atoms with van der Waals surface area (Å²) < 4.78 is 11.7. The Morgan fingerprint density at radius 3 is 2.61 bits per heavy atom. The number of anilines is 2. The minimum absolute atomic E-state index is 0.00679. The van der Waals surface area contributed by atoms with Crippen molar-refractivity contribution in [1.82, 2.24) is 15.0 Å². The molecule has 172 valence electrons. The topological polar surface area (TPSA) is 116 Å². The number of carbonyl (C=O) groups is 2. The van der Waals surface area contributed by atoms with E-state index in [1.54, 1.807) is 24.3 Å². The van der Waals surface area contributed by atoms with Gasteiger partial charge < -0.3 is 19.7 Å². The molecule has 33 heavy (non-hydrogen) atoms. The summed E-state index contributed by atoms with van der Waals surface area (Å²) in [5.74, 6) is -1.05. The third kappa shape index (κ3) is 5.53. The van der Waals surface area contributed by atoms with Crippen molar-refractivity contribution in [3.8, 4) is 0 Å². The molecular weight excluding hydrogens is 426 g/mol. The molecule has 1 aliphatic rings. The second-order valence-electron chi connectivity index (χ2n) is 7.65. The normalized spacial score (nSPS) is 14.6. The van der Waals surface area contributed by atoms with Crippen LogP contribution < -0.4 is 15.8 Å². The minimum atomic E-state index is -0.990. The molecule has 1 amide bonds. The molecule has 1 saturated heterocycles. The number of ether oxygens (including phenoxy) is 2. The summed E-state index contributed by atoms with van der Waals surface area (Å²) in [6.07, 6.45) is -1.10. The Morgan fingerprint density at radius 2 is 1.85 bits per heavy atom. The largest absolute Gasteiger partial charge is 0.452 e. The van der Waals surface area contributed by atoms with Gasteiger partial charge in [-0.25, -0.2) is 4.68 Å². The number of hydrogen-bond donors (Lipinski definition) is 1. The predicted octanol–water partition coefficient (Wildman–Crippen LogP) is 1.59. The molecule has 2 heterocycles. The van der Waals surface area contributed by atoms with Crippen molar-refractivity contribution in [2.45, 2.75) is 26.0 Å². The monoisotopic (exact) mass is 451 g/mol. The van der Waals surface area contributed by atoms with Crippen LogP contribution in [0.25, 0.3) is 10.9 Å². The highest BCUT2D eigenvalue weighted by atomic mass is 16.5. The lowest BCUT2D eigenvalue weighted by Crippen LogP contribution is -2.36. The molecule has 0 spiro atoms. The highest BCUT2D eigenvalue weighted by molar-refractivity contribution is 5.95. The van der Waals surface area contributed by atoms with E-state index in [0.29, 0.717) is 29.8 Å². The van der Waals surface area contributed by atoms with E-state index in [1.165, 1.54) is 6.92 Å². The van der Waals surface area contributed by atoms with E-state index < -0.39 is 18.0 Å². The van der Waals surface area contributed by atoms with Gasteiger partial charge >= 0.3 is 5.97 Å². The van der Waals surface area contributed by atoms with Gasteiger partial charge in [0.2, 0.25) is 0 Å². The van der Waals surface area contributed by atoms with E-state index in [-0.39, 0.29) is 18.5 Å². The van der Waals surface area contributed by atoms with Gasteiger partial charge in [-0.1, -0.05) is 17.3 Å². The van der Waals surface area contributed by atoms with Crippen molar-refractivity contribution >= 4 is 34.2 Å². The Kier molecular flexibility index (Phi) is 6.94. The quantitative estimate of drug-likeness (QED) is 0.539. The molecule has 4 rings (SSSR count). The Balaban J connectivity index is 1.27. The van der Waals surface area contributed by atoms with Crippen molar-refractivity contribution in [2.75, 3.05) is 36.5 Å². The van der Waals surface area contributed by atoms with Crippen LogP contribution in [0.5, 0.6) is 0 Å². The van der Waals surface area contributed by atoms with Gasteiger partial charge in [0.05, 0.1) is 31.6 Å². The summed E-state index contributed by atoms with van der Waals surface area (Å²) in [4.78, 5) is 39.3. The molecule has 10 heteroatoms. The molecule has 1 aromatic heterocycles. The van der Waals surface area contributed by atoms with E-state index >= 15 is 0 Å². The lowest BCUT2D eigenvalue weighted by molar-refractivity contribution is -0.153. The lowest BCUT2D eigenvalue weighted by atomic mass is 10.2. The van der Waals surface area contributed by atoms with E-state index in [1.807, 2.05) is 24.3 Å². The zero-order valence-electron chi connectivity index (χ0n) is 18.3. The van der Waals surface area contributed by atoms with Crippen LogP contribution in [0, 0.1) is 0 Å². The highest BCUT2D eigenvalue weighted by Crippen LogP contribution is 2.19. The fraction of sp³-hybridized carbons (Fsp3) is 0.348. The third-order valence-electron chi connectivity index (χ3n) is 5.35. The molecule has 0 radical (unpaired) electrons. The van der Waals surface area contributed by atoms with E-state index in [9.17, 15) is 14.4 Å². The molecule has 1 fully saturated rings. The summed E-state index contributed by atoms with van der Waals surface area (Å²) in [5.41, 5.74) is 1.82. The highest BCUT2D eigenvalue weighted by Gasteiger charge is 2.19. The number of fused-ring (bicyclic) bond motifs is 1. The molecule has 1 aliphatic heterocycles. The average Bonchev–Trinajstić information content (AvgIpc) is 2.85. The molecule has 0 saturated carbocycles. The van der Waals surface area contributed by atoms with E-state index in [2.05, 4.69) is 20.5 Å². The van der Waals surface area contributed by atoms with Crippen LogP contribution in [0.2, 0.25) is 0 Å². The SMILES string of the molecule is CC(OC(=O)CCn1nnc2ccccc2c1=O)C(=O)Nc1ccc(N2CCOCC2)cc1. The number of morpholine rings is 1. The number of aryl methyl sites for hydroxylation is 1. The number of nitrogens with zero attached hydrogens (tertiary/aromatic N) is 4. The Hall–Kier alpha value is -3.79. The molecule has 2 aromatic carbocycles. The number of carbonyl (C=O) groups excluding carboxylic acids is 2. The van der Waals surface area contributed by atoms with Crippen molar-refractivity contribution < 1.29 is 19.1 Å². The van der Waals surface area contributed by atoms with E-state index in [0.717, 1.165) is 23.5 Å². The van der Waals surface area contributed by atoms with Crippen LogP contribution in [-0.2, 0) is 25.6 Å². The van der Waals surface area contributed by atoms with Gasteiger partial charge in [-0.15, -0.1) is 5.10 Å². The minimum Gasteiger partial charge on any atom is -0.452 e. The standard InChI is InChI=1S/C23H25N5O5/c1-16(22(30)24-17-6-8-18(9-7-17)27-12-14-32-15-13-27)33-21(29)10-11-28-23(31)19-4-2-3-5-20(19)25-26-28/h2-9,16H,10-15H2,1H3,(H,24,30). The van der Waals surface area contributed by atoms with Crippen molar-refractivity contribution in [2.24, 2.45) is 0 Å². The van der Waals surface area contributed by atoms with Crippen molar-refractivity contribution in [1.29, 1.82) is 0 Å². The van der Waals surface area contributed by atoms with Crippen molar-refractivity contribution in [3.63, 3.8) is 0 Å². The van der Waals surface area contributed by atoms with Crippen molar-refractivity contribution in [3.05, 3.63) is 58.9 Å². The Morgan fingerprint density at radius 1 is 1.12 bits per heavy atom. The van der Waals surface area contributed by atoms with Crippen LogP contribution in [0.1, 0.15) is 13.3 Å². The summed E-state index contributed by atoms with van der Waals surface area (Å²) in [6.45, 7) is 4.56. The maximum Gasteiger partial charge on any atom is 0.308 e. The second kappa shape index (κ2) is 10.2. The number of hydrogen-bond acceptors (Lipinski definition) is 8. The second-order valence-corrected chi connectivity index (χ2v) is 7.65. The van der Waals surface area contributed by atoms with Gasteiger partial charge in [-0.3, -0.25) is 14.4 Å². The maximum atomic E-state index is 12.4. The van der Waals surface area contributed by atoms with Gasteiger partial charge in [-0.05, 0) is 43.3 Å². The number of rotatable bonds is 7. The van der Waals surface area contributed by atoms with Crippen LogP contribution in [0.3, 0.4) is 0 Å². The van der Waals surface area contributed by atoms with Gasteiger partial charge in [0.15, 0.2) is 6.10 Å². The first kappa shape index (κ1) is 22.4. The maximum absolute atomic E-state index is 12.4. The number of benzene rings is 2. The number of nitrogens with one attached hydrogen (secondary N) is 1. The molecule has 3 aromatic rings. The first-order valence-corrected chi connectivity index (χ1v) is 10.8. The third-order valence-corrected chi connectivity index (χ3v) is 5.35. The molecule has 1 N–H and O–H groups in total. The smallest absolute Gasteiger partial charge is 0.308 e. The molecule has 0 bridgehead atoms.